The Hall–Kier alpha value is -0.570. The largest absolute Gasteiger partial charge is 0.394 e. The molecule has 0 aromatic heterocycles. The number of rotatable bonds is 5. The van der Waals surface area contributed by atoms with E-state index >= 15 is 0 Å². The summed E-state index contributed by atoms with van der Waals surface area (Å²) in [6.45, 7) is 4.32. The van der Waals surface area contributed by atoms with Crippen molar-refractivity contribution in [1.29, 1.82) is 0 Å². The van der Waals surface area contributed by atoms with Gasteiger partial charge in [-0.1, -0.05) is 26.7 Å². The van der Waals surface area contributed by atoms with Crippen molar-refractivity contribution in [2.45, 2.75) is 57.9 Å². The molecule has 2 N–H and O–H groups in total. The Kier molecular flexibility index (Phi) is 4.58. The predicted octanol–water partition coefficient (Wildman–Crippen LogP) is 1.84. The van der Waals surface area contributed by atoms with Crippen LogP contribution in [0.3, 0.4) is 0 Å². The van der Waals surface area contributed by atoms with Crippen molar-refractivity contribution in [3.8, 4) is 0 Å². The van der Waals surface area contributed by atoms with E-state index in [1.54, 1.807) is 0 Å². The highest BCUT2D eigenvalue weighted by atomic mass is 16.3. The summed E-state index contributed by atoms with van der Waals surface area (Å²) in [6, 6.07) is 0. The third-order valence-electron chi connectivity index (χ3n) is 3.22. The Bertz CT molecular complexity index is 208. The molecule has 0 saturated heterocycles. The van der Waals surface area contributed by atoms with Gasteiger partial charge in [0.25, 0.3) is 0 Å². The minimum atomic E-state index is -0.298. The molecule has 0 aromatic carbocycles. The van der Waals surface area contributed by atoms with Gasteiger partial charge in [0.15, 0.2) is 0 Å². The molecular formula is C12H23NO2. The molecule has 0 spiro atoms. The molecule has 1 amide bonds. The Morgan fingerprint density at radius 1 is 1.40 bits per heavy atom. The highest BCUT2D eigenvalue weighted by Crippen LogP contribution is 2.29. The van der Waals surface area contributed by atoms with E-state index in [1.165, 1.54) is 0 Å². The van der Waals surface area contributed by atoms with Crippen LogP contribution in [0.15, 0.2) is 0 Å². The van der Waals surface area contributed by atoms with E-state index in [-0.39, 0.29) is 18.1 Å². The maximum absolute atomic E-state index is 11.6. The lowest BCUT2D eigenvalue weighted by Gasteiger charge is -2.28. The summed E-state index contributed by atoms with van der Waals surface area (Å²) in [4.78, 5) is 11.6. The van der Waals surface area contributed by atoms with Crippen LogP contribution in [0.25, 0.3) is 0 Å². The van der Waals surface area contributed by atoms with Crippen molar-refractivity contribution >= 4 is 5.91 Å². The molecule has 15 heavy (non-hydrogen) atoms. The maximum Gasteiger partial charge on any atom is 0.220 e. The average Bonchev–Trinajstić information content (AvgIpc) is 2.64. The molecular weight excluding hydrogens is 190 g/mol. The molecule has 0 aromatic rings. The molecule has 0 unspecified atom stereocenters. The van der Waals surface area contributed by atoms with E-state index < -0.39 is 0 Å². The van der Waals surface area contributed by atoms with E-state index in [1.807, 2.05) is 0 Å². The summed E-state index contributed by atoms with van der Waals surface area (Å²) in [5.74, 6) is 0.657. The second-order valence-electron chi connectivity index (χ2n) is 5.13. The minimum absolute atomic E-state index is 0.0837. The zero-order valence-electron chi connectivity index (χ0n) is 9.88. The molecule has 0 aliphatic heterocycles. The number of nitrogens with one attached hydrogen (secondary N) is 1. The lowest BCUT2D eigenvalue weighted by Crippen LogP contribution is -2.49. The average molecular weight is 213 g/mol. The van der Waals surface area contributed by atoms with Crippen LogP contribution in [-0.2, 0) is 4.79 Å². The van der Waals surface area contributed by atoms with Crippen LogP contribution in [0.2, 0.25) is 0 Å². The molecule has 1 fully saturated rings. The number of carbonyl (C=O) groups excluding carboxylic acids is 1. The molecule has 0 radical (unpaired) electrons. The van der Waals surface area contributed by atoms with Crippen molar-refractivity contribution < 1.29 is 9.90 Å². The quantitative estimate of drug-likeness (QED) is 0.732. The normalized spacial score (nSPS) is 19.5. The number of aliphatic hydroxyl groups is 1. The lowest BCUT2D eigenvalue weighted by molar-refractivity contribution is -0.123. The van der Waals surface area contributed by atoms with Crippen LogP contribution in [0, 0.1) is 5.92 Å². The second-order valence-corrected chi connectivity index (χ2v) is 5.13. The highest BCUT2D eigenvalue weighted by molar-refractivity contribution is 5.76. The monoisotopic (exact) mass is 213 g/mol. The standard InChI is InChI=1S/C12H23NO2/c1-10(2)5-6-11(15)13-12(9-14)7-3-4-8-12/h10,14H,3-9H2,1-2H3,(H,13,15). The Labute approximate surface area is 92.3 Å². The van der Waals surface area contributed by atoms with Crippen molar-refractivity contribution in [3.05, 3.63) is 0 Å². The van der Waals surface area contributed by atoms with Gasteiger partial charge in [0.05, 0.1) is 12.1 Å². The maximum atomic E-state index is 11.6. The second kappa shape index (κ2) is 5.50. The van der Waals surface area contributed by atoms with E-state index in [0.717, 1.165) is 32.1 Å². The molecule has 3 heteroatoms. The molecule has 0 atom stereocenters. The van der Waals surface area contributed by atoms with E-state index in [4.69, 9.17) is 0 Å². The minimum Gasteiger partial charge on any atom is -0.394 e. The molecule has 88 valence electrons. The van der Waals surface area contributed by atoms with Crippen molar-refractivity contribution in [2.75, 3.05) is 6.61 Å². The fourth-order valence-electron chi connectivity index (χ4n) is 2.15. The predicted molar refractivity (Wildman–Crippen MR) is 60.5 cm³/mol. The molecule has 3 nitrogen and oxygen atoms in total. The Morgan fingerprint density at radius 2 is 2.00 bits per heavy atom. The van der Waals surface area contributed by atoms with Crippen LogP contribution in [-0.4, -0.2) is 23.2 Å². The topological polar surface area (TPSA) is 49.3 Å². The molecule has 1 saturated carbocycles. The van der Waals surface area contributed by atoms with Gasteiger partial charge < -0.3 is 10.4 Å². The first-order valence-electron chi connectivity index (χ1n) is 6.00. The SMILES string of the molecule is CC(C)CCC(=O)NC1(CO)CCCC1. The van der Waals surface area contributed by atoms with Gasteiger partial charge in [-0.3, -0.25) is 4.79 Å². The van der Waals surface area contributed by atoms with Crippen LogP contribution in [0.5, 0.6) is 0 Å². The van der Waals surface area contributed by atoms with Gasteiger partial charge in [-0.25, -0.2) is 0 Å². The summed E-state index contributed by atoms with van der Waals surface area (Å²) in [6.07, 6.45) is 5.59. The number of aliphatic hydroxyl groups excluding tert-OH is 1. The third kappa shape index (κ3) is 3.82. The highest BCUT2D eigenvalue weighted by Gasteiger charge is 2.34. The van der Waals surface area contributed by atoms with Gasteiger partial charge in [-0.2, -0.15) is 0 Å². The van der Waals surface area contributed by atoms with Crippen LogP contribution in [0.1, 0.15) is 52.4 Å². The van der Waals surface area contributed by atoms with E-state index in [0.29, 0.717) is 12.3 Å². The zero-order valence-corrected chi connectivity index (χ0v) is 9.88. The van der Waals surface area contributed by atoms with Gasteiger partial charge in [-0.05, 0) is 25.2 Å². The summed E-state index contributed by atoms with van der Waals surface area (Å²) >= 11 is 0. The fraction of sp³-hybridized carbons (Fsp3) is 0.917. The zero-order chi connectivity index (χ0) is 11.3. The van der Waals surface area contributed by atoms with E-state index in [2.05, 4.69) is 19.2 Å². The summed E-state index contributed by atoms with van der Waals surface area (Å²) in [5, 5.41) is 12.3. The number of carbonyl (C=O) groups is 1. The van der Waals surface area contributed by atoms with Crippen molar-refractivity contribution in [2.24, 2.45) is 5.92 Å². The Balaban J connectivity index is 2.35. The van der Waals surface area contributed by atoms with Crippen molar-refractivity contribution in [1.82, 2.24) is 5.32 Å². The lowest BCUT2D eigenvalue weighted by atomic mass is 9.98. The van der Waals surface area contributed by atoms with Gasteiger partial charge in [0, 0.05) is 6.42 Å². The van der Waals surface area contributed by atoms with Gasteiger partial charge in [0.1, 0.15) is 0 Å². The number of hydrogen-bond donors (Lipinski definition) is 2. The third-order valence-corrected chi connectivity index (χ3v) is 3.22. The van der Waals surface area contributed by atoms with Crippen LogP contribution < -0.4 is 5.32 Å². The van der Waals surface area contributed by atoms with Crippen molar-refractivity contribution in [3.63, 3.8) is 0 Å². The summed E-state index contributed by atoms with van der Waals surface area (Å²) < 4.78 is 0. The van der Waals surface area contributed by atoms with Gasteiger partial charge in [0.2, 0.25) is 5.91 Å². The van der Waals surface area contributed by atoms with E-state index in [9.17, 15) is 9.90 Å². The first-order valence-corrected chi connectivity index (χ1v) is 6.00. The van der Waals surface area contributed by atoms with Gasteiger partial charge in [-0.15, -0.1) is 0 Å². The fourth-order valence-corrected chi connectivity index (χ4v) is 2.15. The van der Waals surface area contributed by atoms with Crippen LogP contribution >= 0.6 is 0 Å². The van der Waals surface area contributed by atoms with Crippen LogP contribution in [0.4, 0.5) is 0 Å². The molecule has 1 aliphatic rings. The molecule has 0 heterocycles. The number of amides is 1. The first-order chi connectivity index (χ1) is 7.08. The van der Waals surface area contributed by atoms with Gasteiger partial charge >= 0.3 is 0 Å². The summed E-state index contributed by atoms with van der Waals surface area (Å²) in [5.41, 5.74) is -0.298. The first kappa shape index (κ1) is 12.5. The molecule has 1 aliphatic carbocycles. The number of hydrogen-bond acceptors (Lipinski definition) is 2. The molecule has 0 bridgehead atoms. The smallest absolute Gasteiger partial charge is 0.220 e. The summed E-state index contributed by atoms with van der Waals surface area (Å²) in [7, 11) is 0. The Morgan fingerprint density at radius 3 is 2.47 bits per heavy atom. The molecule has 1 rings (SSSR count).